The highest BCUT2D eigenvalue weighted by atomic mass is 19.4. The first-order valence-electron chi connectivity index (χ1n) is 11.4. The van der Waals surface area contributed by atoms with Crippen LogP contribution in [-0.2, 0) is 18.3 Å². The van der Waals surface area contributed by atoms with E-state index in [1.807, 2.05) is 35.9 Å². The molecule has 4 aromatic rings. The Morgan fingerprint density at radius 2 is 1.94 bits per heavy atom. The number of nitrogens with zero attached hydrogens (tertiary/aromatic N) is 5. The van der Waals surface area contributed by atoms with Gasteiger partial charge in [-0.25, -0.2) is 14.6 Å². The number of alkyl halides is 3. The van der Waals surface area contributed by atoms with Crippen molar-refractivity contribution in [3.05, 3.63) is 89.0 Å². The van der Waals surface area contributed by atoms with Crippen molar-refractivity contribution in [3.8, 4) is 11.4 Å². The molecule has 1 N–H and O–H groups in total. The van der Waals surface area contributed by atoms with Crippen molar-refractivity contribution in [1.82, 2.24) is 24.3 Å². The molecule has 5 rings (SSSR count). The van der Waals surface area contributed by atoms with Crippen molar-refractivity contribution in [2.45, 2.75) is 38.1 Å². The van der Waals surface area contributed by atoms with E-state index in [0.717, 1.165) is 23.0 Å². The highest BCUT2D eigenvalue weighted by Gasteiger charge is 2.45. The molecule has 36 heavy (non-hydrogen) atoms. The lowest BCUT2D eigenvalue weighted by molar-refractivity contribution is -0.140. The number of aromatic nitrogens is 5. The summed E-state index contributed by atoms with van der Waals surface area (Å²) in [6.07, 6.45) is 3.04. The molecule has 0 radical (unpaired) electrons. The molecule has 1 aliphatic rings. The standard InChI is InChI=1S/C26H24F3N5O2/c1-17-15-33(16-30-17)21-10-8-18(14-22(21)36-2)9-11-23-31-24-25(35,12-5-13-34(24)32-23)19-6-3-4-7-20(19)26(27,28)29/h3-4,6-11,14-16,35H,5,12-13H2,1-2H3/b11-9+/t25-/m0/s1. The van der Waals surface area contributed by atoms with Crippen molar-refractivity contribution in [3.63, 3.8) is 0 Å². The molecule has 2 aromatic carbocycles. The van der Waals surface area contributed by atoms with Gasteiger partial charge in [0.1, 0.15) is 11.4 Å². The molecule has 0 saturated heterocycles. The largest absolute Gasteiger partial charge is 0.495 e. The van der Waals surface area contributed by atoms with Crippen LogP contribution in [0.3, 0.4) is 0 Å². The second kappa shape index (κ2) is 8.94. The van der Waals surface area contributed by atoms with Crippen molar-refractivity contribution < 1.29 is 23.0 Å². The first-order valence-corrected chi connectivity index (χ1v) is 11.4. The Balaban J connectivity index is 1.47. The summed E-state index contributed by atoms with van der Waals surface area (Å²) in [4.78, 5) is 8.68. The van der Waals surface area contributed by atoms with Crippen LogP contribution in [0.5, 0.6) is 5.75 Å². The minimum absolute atomic E-state index is 0.105. The number of benzene rings is 2. The zero-order valence-corrected chi connectivity index (χ0v) is 19.7. The van der Waals surface area contributed by atoms with Crippen LogP contribution in [0.4, 0.5) is 13.2 Å². The van der Waals surface area contributed by atoms with Gasteiger partial charge in [0.05, 0.1) is 30.4 Å². The second-order valence-corrected chi connectivity index (χ2v) is 8.71. The average molecular weight is 496 g/mol. The molecule has 0 aliphatic carbocycles. The third-order valence-electron chi connectivity index (χ3n) is 6.26. The quantitative estimate of drug-likeness (QED) is 0.422. The number of imidazole rings is 1. The van der Waals surface area contributed by atoms with Crippen LogP contribution in [-0.4, -0.2) is 36.5 Å². The Hall–Kier alpha value is -3.92. The van der Waals surface area contributed by atoms with Gasteiger partial charge in [0, 0.05) is 18.3 Å². The van der Waals surface area contributed by atoms with Crippen LogP contribution < -0.4 is 4.74 Å². The number of aliphatic hydroxyl groups is 1. The van der Waals surface area contributed by atoms with E-state index in [4.69, 9.17) is 4.74 Å². The number of rotatable bonds is 5. The summed E-state index contributed by atoms with van der Waals surface area (Å²) in [5.74, 6) is 1.04. The molecule has 10 heteroatoms. The number of hydrogen-bond donors (Lipinski definition) is 1. The number of methoxy groups -OCH3 is 1. The fourth-order valence-electron chi connectivity index (χ4n) is 4.57. The van der Waals surface area contributed by atoms with Gasteiger partial charge in [-0.15, -0.1) is 0 Å². The molecule has 1 atom stereocenters. The number of hydrogen-bond acceptors (Lipinski definition) is 5. The number of ether oxygens (including phenoxy) is 1. The molecular weight excluding hydrogens is 471 g/mol. The third-order valence-corrected chi connectivity index (χ3v) is 6.26. The molecule has 2 aromatic heterocycles. The summed E-state index contributed by atoms with van der Waals surface area (Å²) >= 11 is 0. The highest BCUT2D eigenvalue weighted by Crippen LogP contribution is 2.43. The summed E-state index contributed by atoms with van der Waals surface area (Å²) in [6, 6.07) is 10.7. The Morgan fingerprint density at radius 3 is 2.67 bits per heavy atom. The van der Waals surface area contributed by atoms with Crippen molar-refractivity contribution in [2.75, 3.05) is 7.11 Å². The van der Waals surface area contributed by atoms with Crippen LogP contribution in [0.15, 0.2) is 55.0 Å². The average Bonchev–Trinajstić information content (AvgIpc) is 3.49. The SMILES string of the molecule is COc1cc(/C=C/c2nc3n(n2)CCC[C@]3(O)c2ccccc2C(F)(F)F)ccc1-n1cnc(C)c1. The number of fused-ring (bicyclic) bond motifs is 1. The van der Waals surface area contributed by atoms with Gasteiger partial charge in [0.2, 0.25) is 0 Å². The van der Waals surface area contributed by atoms with Crippen molar-refractivity contribution >= 4 is 12.2 Å². The van der Waals surface area contributed by atoms with Gasteiger partial charge < -0.3 is 14.4 Å². The Kier molecular flexibility index (Phi) is 5.91. The van der Waals surface area contributed by atoms with E-state index < -0.39 is 17.3 Å². The van der Waals surface area contributed by atoms with Crippen molar-refractivity contribution in [2.24, 2.45) is 0 Å². The Labute approximate surface area is 205 Å². The van der Waals surface area contributed by atoms with Gasteiger partial charge in [0.25, 0.3) is 0 Å². The molecule has 1 aliphatic heterocycles. The third kappa shape index (κ3) is 4.28. The predicted octanol–water partition coefficient (Wildman–Crippen LogP) is 5.00. The summed E-state index contributed by atoms with van der Waals surface area (Å²) in [7, 11) is 1.58. The first kappa shape index (κ1) is 23.8. The Morgan fingerprint density at radius 1 is 1.14 bits per heavy atom. The summed E-state index contributed by atoms with van der Waals surface area (Å²) in [5.41, 5.74) is -0.444. The fourth-order valence-corrected chi connectivity index (χ4v) is 4.57. The number of halogens is 3. The predicted molar refractivity (Wildman–Crippen MR) is 127 cm³/mol. The topological polar surface area (TPSA) is 78.0 Å². The molecule has 0 amide bonds. The maximum atomic E-state index is 13.7. The molecule has 0 spiro atoms. The molecule has 0 saturated carbocycles. The summed E-state index contributed by atoms with van der Waals surface area (Å²) in [6.45, 7) is 2.36. The zero-order chi connectivity index (χ0) is 25.5. The highest BCUT2D eigenvalue weighted by molar-refractivity contribution is 5.69. The van der Waals surface area contributed by atoms with E-state index in [9.17, 15) is 18.3 Å². The van der Waals surface area contributed by atoms with Crippen LogP contribution in [0.2, 0.25) is 0 Å². The van der Waals surface area contributed by atoms with Gasteiger partial charge in [0.15, 0.2) is 11.6 Å². The zero-order valence-electron chi connectivity index (χ0n) is 19.7. The monoisotopic (exact) mass is 495 g/mol. The summed E-state index contributed by atoms with van der Waals surface area (Å²) < 4.78 is 49.9. The lowest BCUT2D eigenvalue weighted by Crippen LogP contribution is -2.37. The lowest BCUT2D eigenvalue weighted by atomic mass is 9.83. The Bertz CT molecular complexity index is 1440. The maximum Gasteiger partial charge on any atom is 0.416 e. The molecular formula is C26H24F3N5O2. The van der Waals surface area contributed by atoms with Gasteiger partial charge >= 0.3 is 6.18 Å². The van der Waals surface area contributed by atoms with Crippen LogP contribution >= 0.6 is 0 Å². The molecule has 7 nitrogen and oxygen atoms in total. The van der Waals surface area contributed by atoms with Gasteiger partial charge in [-0.05, 0) is 49.6 Å². The molecule has 0 unspecified atom stereocenters. The van der Waals surface area contributed by atoms with E-state index >= 15 is 0 Å². The van der Waals surface area contributed by atoms with Gasteiger partial charge in [-0.1, -0.05) is 30.3 Å². The van der Waals surface area contributed by atoms with E-state index in [0.29, 0.717) is 24.5 Å². The van der Waals surface area contributed by atoms with Crippen LogP contribution in [0, 0.1) is 6.92 Å². The second-order valence-electron chi connectivity index (χ2n) is 8.71. The molecule has 186 valence electrons. The number of aryl methyl sites for hydroxylation is 2. The van der Waals surface area contributed by atoms with E-state index in [-0.39, 0.29) is 17.8 Å². The van der Waals surface area contributed by atoms with Crippen LogP contribution in [0.1, 0.15) is 46.9 Å². The maximum absolute atomic E-state index is 13.7. The normalized spacial score (nSPS) is 17.9. The van der Waals surface area contributed by atoms with Crippen LogP contribution in [0.25, 0.3) is 17.8 Å². The van der Waals surface area contributed by atoms with E-state index in [2.05, 4.69) is 15.1 Å². The lowest BCUT2D eigenvalue weighted by Gasteiger charge is -2.33. The minimum atomic E-state index is -4.60. The van der Waals surface area contributed by atoms with Gasteiger partial charge in [-0.2, -0.15) is 18.3 Å². The molecule has 3 heterocycles. The molecule has 0 bridgehead atoms. The fraction of sp³-hybridized carbons (Fsp3) is 0.269. The summed E-state index contributed by atoms with van der Waals surface area (Å²) in [5, 5.41) is 15.9. The first-order chi connectivity index (χ1) is 17.2. The van der Waals surface area contributed by atoms with E-state index in [1.165, 1.54) is 22.9 Å². The van der Waals surface area contributed by atoms with Gasteiger partial charge in [-0.3, -0.25) is 0 Å². The van der Waals surface area contributed by atoms with E-state index in [1.54, 1.807) is 25.6 Å². The van der Waals surface area contributed by atoms with Crippen molar-refractivity contribution in [1.29, 1.82) is 0 Å². The smallest absolute Gasteiger partial charge is 0.416 e. The minimum Gasteiger partial charge on any atom is -0.495 e. The molecule has 0 fully saturated rings.